The minimum Gasteiger partial charge on any atom is -0.385 e. The van der Waals surface area contributed by atoms with Crippen LogP contribution in [-0.2, 0) is 19.6 Å². The molecule has 0 aliphatic carbocycles. The SMILES string of the molecule is COCCCN(CC(=O)N1CCCC(C)C1)S(C)(=O)=O. The lowest BCUT2D eigenvalue weighted by atomic mass is 10.0. The van der Waals surface area contributed by atoms with Crippen LogP contribution in [0.1, 0.15) is 26.2 Å². The molecule has 1 amide bonds. The summed E-state index contributed by atoms with van der Waals surface area (Å²) in [6.45, 7) is 4.33. The van der Waals surface area contributed by atoms with Gasteiger partial charge in [0.2, 0.25) is 15.9 Å². The van der Waals surface area contributed by atoms with Crippen molar-refractivity contribution < 1.29 is 17.9 Å². The number of piperidine rings is 1. The smallest absolute Gasteiger partial charge is 0.237 e. The molecule has 1 unspecified atom stereocenters. The average Bonchev–Trinajstić information content (AvgIpc) is 2.36. The summed E-state index contributed by atoms with van der Waals surface area (Å²) in [7, 11) is -1.79. The van der Waals surface area contributed by atoms with E-state index in [-0.39, 0.29) is 12.5 Å². The summed E-state index contributed by atoms with van der Waals surface area (Å²) in [5.74, 6) is 0.396. The van der Waals surface area contributed by atoms with E-state index in [0.29, 0.717) is 25.5 Å². The van der Waals surface area contributed by atoms with Gasteiger partial charge in [-0.25, -0.2) is 8.42 Å². The van der Waals surface area contributed by atoms with Crippen LogP contribution in [0.4, 0.5) is 0 Å². The normalized spacial score (nSPS) is 20.4. The molecule has 0 bridgehead atoms. The number of rotatable bonds is 7. The molecule has 0 radical (unpaired) electrons. The van der Waals surface area contributed by atoms with E-state index in [9.17, 15) is 13.2 Å². The van der Waals surface area contributed by atoms with Gasteiger partial charge in [-0.2, -0.15) is 4.31 Å². The minimum atomic E-state index is -3.36. The summed E-state index contributed by atoms with van der Waals surface area (Å²) in [6, 6.07) is 0. The monoisotopic (exact) mass is 306 g/mol. The van der Waals surface area contributed by atoms with Crippen LogP contribution in [0, 0.1) is 5.92 Å². The lowest BCUT2D eigenvalue weighted by Crippen LogP contribution is -2.46. The number of carbonyl (C=O) groups excluding carboxylic acids is 1. The third kappa shape index (κ3) is 5.76. The number of hydrogen-bond donors (Lipinski definition) is 0. The molecule has 20 heavy (non-hydrogen) atoms. The molecule has 1 aliphatic heterocycles. The fraction of sp³-hybridized carbons (Fsp3) is 0.923. The average molecular weight is 306 g/mol. The Labute approximate surface area is 122 Å². The highest BCUT2D eigenvalue weighted by Gasteiger charge is 2.25. The highest BCUT2D eigenvalue weighted by atomic mass is 32.2. The maximum atomic E-state index is 12.2. The van der Waals surface area contributed by atoms with Crippen molar-refractivity contribution in [1.82, 2.24) is 9.21 Å². The lowest BCUT2D eigenvalue weighted by Gasteiger charge is -2.32. The number of amides is 1. The summed E-state index contributed by atoms with van der Waals surface area (Å²) in [4.78, 5) is 14.0. The van der Waals surface area contributed by atoms with Crippen molar-refractivity contribution in [3.8, 4) is 0 Å². The van der Waals surface area contributed by atoms with Crippen molar-refractivity contribution in [2.45, 2.75) is 26.2 Å². The van der Waals surface area contributed by atoms with Gasteiger partial charge in [-0.15, -0.1) is 0 Å². The van der Waals surface area contributed by atoms with Gasteiger partial charge >= 0.3 is 0 Å². The topological polar surface area (TPSA) is 66.9 Å². The Morgan fingerprint density at radius 2 is 2.15 bits per heavy atom. The number of carbonyl (C=O) groups is 1. The van der Waals surface area contributed by atoms with Gasteiger partial charge in [-0.05, 0) is 25.2 Å². The number of hydrogen-bond acceptors (Lipinski definition) is 4. The van der Waals surface area contributed by atoms with E-state index in [1.54, 1.807) is 12.0 Å². The van der Waals surface area contributed by atoms with Crippen LogP contribution >= 0.6 is 0 Å². The fourth-order valence-electron chi connectivity index (χ4n) is 2.41. The zero-order valence-corrected chi connectivity index (χ0v) is 13.5. The third-order valence-corrected chi connectivity index (χ3v) is 4.80. The van der Waals surface area contributed by atoms with Crippen molar-refractivity contribution in [2.75, 3.05) is 46.2 Å². The van der Waals surface area contributed by atoms with Crippen LogP contribution in [0.15, 0.2) is 0 Å². The second kappa shape index (κ2) is 7.95. The van der Waals surface area contributed by atoms with Crippen molar-refractivity contribution in [3.63, 3.8) is 0 Å². The van der Waals surface area contributed by atoms with E-state index < -0.39 is 10.0 Å². The molecule has 1 heterocycles. The molecular weight excluding hydrogens is 280 g/mol. The molecule has 1 aliphatic rings. The number of nitrogens with zero attached hydrogens (tertiary/aromatic N) is 2. The summed E-state index contributed by atoms with van der Waals surface area (Å²) in [5, 5.41) is 0. The molecule has 1 atom stereocenters. The molecule has 0 spiro atoms. The van der Waals surface area contributed by atoms with Gasteiger partial charge in [-0.1, -0.05) is 6.92 Å². The minimum absolute atomic E-state index is 0.0603. The predicted molar refractivity (Wildman–Crippen MR) is 77.9 cm³/mol. The van der Waals surface area contributed by atoms with Crippen molar-refractivity contribution >= 4 is 15.9 Å². The van der Waals surface area contributed by atoms with Crippen LogP contribution in [0.5, 0.6) is 0 Å². The predicted octanol–water partition coefficient (Wildman–Crippen LogP) is 0.543. The van der Waals surface area contributed by atoms with E-state index in [0.717, 1.165) is 32.2 Å². The standard InChI is InChI=1S/C13H26N2O4S/c1-12-6-4-7-14(10-12)13(16)11-15(20(3,17)18)8-5-9-19-2/h12H,4-11H2,1-3H3. The molecule has 118 valence electrons. The molecule has 0 saturated carbocycles. The fourth-order valence-corrected chi connectivity index (χ4v) is 3.22. The van der Waals surface area contributed by atoms with E-state index in [1.165, 1.54) is 4.31 Å². The van der Waals surface area contributed by atoms with Crippen LogP contribution in [0.3, 0.4) is 0 Å². The number of ether oxygens (including phenoxy) is 1. The quantitative estimate of drug-likeness (QED) is 0.644. The molecule has 6 nitrogen and oxygen atoms in total. The molecule has 0 aromatic heterocycles. The van der Waals surface area contributed by atoms with E-state index in [2.05, 4.69) is 6.92 Å². The lowest BCUT2D eigenvalue weighted by molar-refractivity contribution is -0.133. The van der Waals surface area contributed by atoms with Gasteiger partial charge in [0, 0.05) is 33.4 Å². The summed E-state index contributed by atoms with van der Waals surface area (Å²) >= 11 is 0. The Morgan fingerprint density at radius 3 is 2.70 bits per heavy atom. The van der Waals surface area contributed by atoms with Gasteiger partial charge in [0.25, 0.3) is 0 Å². The molecule has 1 saturated heterocycles. The molecule has 7 heteroatoms. The van der Waals surface area contributed by atoms with Gasteiger partial charge in [0.1, 0.15) is 0 Å². The molecular formula is C13H26N2O4S. The largest absolute Gasteiger partial charge is 0.385 e. The molecule has 0 N–H and O–H groups in total. The van der Waals surface area contributed by atoms with Crippen LogP contribution in [-0.4, -0.2) is 69.7 Å². The zero-order chi connectivity index (χ0) is 15.2. The summed E-state index contributed by atoms with van der Waals surface area (Å²) in [6.07, 6.45) is 3.86. The second-order valence-corrected chi connectivity index (χ2v) is 7.51. The van der Waals surface area contributed by atoms with Crippen LogP contribution in [0.25, 0.3) is 0 Å². The van der Waals surface area contributed by atoms with Gasteiger partial charge in [0.15, 0.2) is 0 Å². The Hall–Kier alpha value is -0.660. The maximum Gasteiger partial charge on any atom is 0.237 e. The van der Waals surface area contributed by atoms with Crippen LogP contribution < -0.4 is 0 Å². The van der Waals surface area contributed by atoms with Gasteiger partial charge in [-0.3, -0.25) is 4.79 Å². The van der Waals surface area contributed by atoms with Gasteiger partial charge in [0.05, 0.1) is 12.8 Å². The van der Waals surface area contributed by atoms with Crippen molar-refractivity contribution in [1.29, 1.82) is 0 Å². The molecule has 0 aromatic carbocycles. The number of methoxy groups -OCH3 is 1. The van der Waals surface area contributed by atoms with Gasteiger partial charge < -0.3 is 9.64 Å². The van der Waals surface area contributed by atoms with Crippen molar-refractivity contribution in [3.05, 3.63) is 0 Å². The molecule has 1 fully saturated rings. The number of sulfonamides is 1. The Kier molecular flexibility index (Phi) is 6.91. The molecule has 1 rings (SSSR count). The number of likely N-dealkylation sites (tertiary alicyclic amines) is 1. The first-order valence-corrected chi connectivity index (χ1v) is 8.91. The first-order chi connectivity index (χ1) is 9.34. The maximum absolute atomic E-state index is 12.2. The summed E-state index contributed by atoms with van der Waals surface area (Å²) < 4.78 is 29.6. The highest BCUT2D eigenvalue weighted by molar-refractivity contribution is 7.88. The third-order valence-electron chi connectivity index (χ3n) is 3.55. The van der Waals surface area contributed by atoms with E-state index in [4.69, 9.17) is 4.74 Å². The van der Waals surface area contributed by atoms with E-state index in [1.807, 2.05) is 0 Å². The van der Waals surface area contributed by atoms with Crippen LogP contribution in [0.2, 0.25) is 0 Å². The first-order valence-electron chi connectivity index (χ1n) is 7.06. The molecule has 0 aromatic rings. The zero-order valence-electron chi connectivity index (χ0n) is 12.7. The van der Waals surface area contributed by atoms with Crippen molar-refractivity contribution in [2.24, 2.45) is 5.92 Å². The first kappa shape index (κ1) is 17.4. The highest BCUT2D eigenvalue weighted by Crippen LogP contribution is 2.16. The summed E-state index contributed by atoms with van der Waals surface area (Å²) in [5.41, 5.74) is 0. The Morgan fingerprint density at radius 1 is 1.45 bits per heavy atom. The van der Waals surface area contributed by atoms with E-state index >= 15 is 0 Å². The Balaban J connectivity index is 2.57. The Bertz CT molecular complexity index is 411. The second-order valence-electron chi connectivity index (χ2n) is 5.53.